The van der Waals surface area contributed by atoms with Gasteiger partial charge in [0.15, 0.2) is 0 Å². The summed E-state index contributed by atoms with van der Waals surface area (Å²) >= 11 is 9.34. The van der Waals surface area contributed by atoms with E-state index >= 15 is 0 Å². The molecule has 86 valence electrons. The smallest absolute Gasteiger partial charge is 0.328 e. The van der Waals surface area contributed by atoms with Crippen LogP contribution in [-0.2, 0) is 16.0 Å². The predicted molar refractivity (Wildman–Crippen MR) is 66.9 cm³/mol. The van der Waals surface area contributed by atoms with Crippen molar-refractivity contribution in [2.45, 2.75) is 19.4 Å². The normalized spacial score (nSPS) is 17.8. The van der Waals surface area contributed by atoms with Gasteiger partial charge in [-0.3, -0.25) is 0 Å². The van der Waals surface area contributed by atoms with Gasteiger partial charge in [0.2, 0.25) is 0 Å². The second-order valence-corrected chi connectivity index (χ2v) is 4.84. The zero-order valence-corrected chi connectivity index (χ0v) is 11.1. The Labute approximate surface area is 107 Å². The highest BCUT2D eigenvalue weighted by Crippen LogP contribution is 2.34. The van der Waals surface area contributed by atoms with E-state index in [-0.39, 0.29) is 12.0 Å². The van der Waals surface area contributed by atoms with Crippen LogP contribution in [0.4, 0.5) is 5.69 Å². The number of ether oxygens (including phenoxy) is 1. The van der Waals surface area contributed by atoms with Gasteiger partial charge in [-0.15, -0.1) is 0 Å². The monoisotopic (exact) mass is 303 g/mol. The van der Waals surface area contributed by atoms with Crippen LogP contribution in [0.5, 0.6) is 0 Å². The lowest BCUT2D eigenvalue weighted by atomic mass is 10.1. The summed E-state index contributed by atoms with van der Waals surface area (Å²) in [5.74, 6) is -0.217. The van der Waals surface area contributed by atoms with Crippen LogP contribution in [0.25, 0.3) is 0 Å². The molecule has 0 amide bonds. The molecule has 1 aliphatic rings. The van der Waals surface area contributed by atoms with Crippen LogP contribution in [0.1, 0.15) is 12.5 Å². The number of rotatable bonds is 2. The van der Waals surface area contributed by atoms with E-state index in [1.807, 2.05) is 12.1 Å². The van der Waals surface area contributed by atoms with E-state index in [2.05, 4.69) is 21.2 Å². The van der Waals surface area contributed by atoms with Gasteiger partial charge in [0.05, 0.1) is 11.6 Å². The van der Waals surface area contributed by atoms with Crippen molar-refractivity contribution in [1.82, 2.24) is 0 Å². The molecule has 0 spiro atoms. The van der Waals surface area contributed by atoms with E-state index in [4.69, 9.17) is 16.3 Å². The number of nitrogens with one attached hydrogen (secondary N) is 1. The van der Waals surface area contributed by atoms with Crippen LogP contribution in [0.15, 0.2) is 16.6 Å². The Morgan fingerprint density at radius 2 is 2.44 bits per heavy atom. The number of fused-ring (bicyclic) bond motifs is 1. The molecule has 16 heavy (non-hydrogen) atoms. The molecule has 1 heterocycles. The Morgan fingerprint density at radius 3 is 3.12 bits per heavy atom. The molecular weight excluding hydrogens is 293 g/mol. The summed E-state index contributed by atoms with van der Waals surface area (Å²) < 4.78 is 5.82. The Hall–Kier alpha value is -0.740. The van der Waals surface area contributed by atoms with Crippen LogP contribution in [0, 0.1) is 0 Å². The average Bonchev–Trinajstić information content (AvgIpc) is 2.62. The molecule has 1 aliphatic heterocycles. The zero-order chi connectivity index (χ0) is 11.7. The summed E-state index contributed by atoms with van der Waals surface area (Å²) in [6, 6.07) is 3.46. The minimum atomic E-state index is -0.291. The highest BCUT2D eigenvalue weighted by Gasteiger charge is 2.28. The number of carbonyl (C=O) groups excluding carboxylic acids is 1. The third kappa shape index (κ3) is 2.18. The number of halogens is 2. The number of anilines is 1. The standard InChI is InChI=1S/C11H11BrClNO2/c1-2-16-11(15)10-4-6-3-7(12)8(13)5-9(6)14-10/h3,5,10,14H,2,4H2,1H3. The van der Waals surface area contributed by atoms with Crippen LogP contribution in [-0.4, -0.2) is 18.6 Å². The molecule has 0 radical (unpaired) electrons. The summed E-state index contributed by atoms with van der Waals surface area (Å²) in [6.45, 7) is 2.20. The Balaban J connectivity index is 2.18. The van der Waals surface area contributed by atoms with Gasteiger partial charge in [-0.05, 0) is 40.5 Å². The molecule has 1 N–H and O–H groups in total. The molecule has 2 rings (SSSR count). The minimum absolute atomic E-state index is 0.217. The molecule has 0 fully saturated rings. The van der Waals surface area contributed by atoms with Crippen molar-refractivity contribution in [3.05, 3.63) is 27.2 Å². The van der Waals surface area contributed by atoms with Gasteiger partial charge in [-0.1, -0.05) is 11.6 Å². The first-order valence-electron chi connectivity index (χ1n) is 5.03. The van der Waals surface area contributed by atoms with Gasteiger partial charge < -0.3 is 10.1 Å². The molecule has 1 aromatic carbocycles. The van der Waals surface area contributed by atoms with Gasteiger partial charge in [-0.2, -0.15) is 0 Å². The molecule has 1 atom stereocenters. The molecule has 1 aromatic rings. The highest BCUT2D eigenvalue weighted by molar-refractivity contribution is 9.10. The van der Waals surface area contributed by atoms with Crippen molar-refractivity contribution < 1.29 is 9.53 Å². The summed E-state index contributed by atoms with van der Waals surface area (Å²) in [6.07, 6.45) is 0.643. The van der Waals surface area contributed by atoms with E-state index in [0.717, 1.165) is 15.7 Å². The van der Waals surface area contributed by atoms with Crippen molar-refractivity contribution in [2.75, 3.05) is 11.9 Å². The second-order valence-electron chi connectivity index (χ2n) is 3.58. The molecule has 5 heteroatoms. The van der Waals surface area contributed by atoms with E-state index < -0.39 is 0 Å². The molecule has 0 saturated carbocycles. The number of hydrogen-bond donors (Lipinski definition) is 1. The molecule has 0 aliphatic carbocycles. The first-order valence-corrected chi connectivity index (χ1v) is 6.20. The van der Waals surface area contributed by atoms with Crippen molar-refractivity contribution in [2.24, 2.45) is 0 Å². The zero-order valence-electron chi connectivity index (χ0n) is 8.72. The number of esters is 1. The van der Waals surface area contributed by atoms with Crippen molar-refractivity contribution in [3.8, 4) is 0 Å². The third-order valence-corrected chi connectivity index (χ3v) is 3.67. The average molecular weight is 305 g/mol. The Kier molecular flexibility index (Phi) is 3.40. The second kappa shape index (κ2) is 4.63. The summed E-state index contributed by atoms with van der Waals surface area (Å²) in [7, 11) is 0. The minimum Gasteiger partial charge on any atom is -0.464 e. The number of carbonyl (C=O) groups is 1. The maximum Gasteiger partial charge on any atom is 0.328 e. The first-order chi connectivity index (χ1) is 7.61. The SMILES string of the molecule is CCOC(=O)C1Cc2cc(Br)c(Cl)cc2N1. The van der Waals surface area contributed by atoms with E-state index in [1.54, 1.807) is 6.92 Å². The fourth-order valence-corrected chi connectivity index (χ4v) is 2.29. The molecule has 0 saturated heterocycles. The van der Waals surface area contributed by atoms with E-state index in [9.17, 15) is 4.79 Å². The lowest BCUT2D eigenvalue weighted by Crippen LogP contribution is -2.28. The largest absolute Gasteiger partial charge is 0.464 e. The van der Waals surface area contributed by atoms with Crippen LogP contribution < -0.4 is 5.32 Å². The van der Waals surface area contributed by atoms with Crippen molar-refractivity contribution >= 4 is 39.2 Å². The lowest BCUT2D eigenvalue weighted by Gasteiger charge is -2.09. The van der Waals surface area contributed by atoms with Gasteiger partial charge >= 0.3 is 5.97 Å². The maximum absolute atomic E-state index is 11.6. The molecule has 0 aromatic heterocycles. The Bertz CT molecular complexity index is 405. The fraction of sp³-hybridized carbons (Fsp3) is 0.364. The van der Waals surface area contributed by atoms with E-state index in [1.165, 1.54) is 0 Å². The van der Waals surface area contributed by atoms with Gasteiger partial charge in [0, 0.05) is 16.6 Å². The molecule has 0 bridgehead atoms. The highest BCUT2D eigenvalue weighted by atomic mass is 79.9. The molecular formula is C11H11BrClNO2. The summed E-state index contributed by atoms with van der Waals surface area (Å²) in [5.41, 5.74) is 1.99. The van der Waals surface area contributed by atoms with E-state index in [0.29, 0.717) is 18.1 Å². The molecule has 3 nitrogen and oxygen atoms in total. The van der Waals surface area contributed by atoms with Crippen LogP contribution in [0.2, 0.25) is 5.02 Å². The van der Waals surface area contributed by atoms with Gasteiger partial charge in [0.1, 0.15) is 6.04 Å². The Morgan fingerprint density at radius 1 is 1.69 bits per heavy atom. The predicted octanol–water partition coefficient (Wildman–Crippen LogP) is 3.00. The lowest BCUT2D eigenvalue weighted by molar-refractivity contribution is -0.143. The number of benzene rings is 1. The summed E-state index contributed by atoms with van der Waals surface area (Å²) in [5, 5.41) is 3.74. The van der Waals surface area contributed by atoms with Gasteiger partial charge in [-0.25, -0.2) is 4.79 Å². The van der Waals surface area contributed by atoms with Crippen molar-refractivity contribution in [1.29, 1.82) is 0 Å². The third-order valence-electron chi connectivity index (χ3n) is 2.47. The molecule has 1 unspecified atom stereocenters. The fourth-order valence-electron chi connectivity index (χ4n) is 1.74. The first kappa shape index (κ1) is 11.7. The summed E-state index contributed by atoms with van der Waals surface area (Å²) in [4.78, 5) is 11.6. The van der Waals surface area contributed by atoms with Crippen LogP contribution in [0.3, 0.4) is 0 Å². The topological polar surface area (TPSA) is 38.3 Å². The van der Waals surface area contributed by atoms with Crippen LogP contribution >= 0.6 is 27.5 Å². The number of hydrogen-bond acceptors (Lipinski definition) is 3. The quantitative estimate of drug-likeness (QED) is 0.854. The maximum atomic E-state index is 11.6. The van der Waals surface area contributed by atoms with Crippen molar-refractivity contribution in [3.63, 3.8) is 0 Å². The van der Waals surface area contributed by atoms with Gasteiger partial charge in [0.25, 0.3) is 0 Å².